The normalized spacial score (nSPS) is 9.50. The van der Waals surface area contributed by atoms with Crippen molar-refractivity contribution in [1.29, 1.82) is 0 Å². The maximum absolute atomic E-state index is 5.04. The standard InChI is InChI=1S/C9H14N4S/c1-3-5-10-9(14)11-7-8-4-6-12-13(8)2/h3-4,6H,1,5,7H2,2H3,(H2,10,11,14). The molecule has 0 fully saturated rings. The van der Waals surface area contributed by atoms with Gasteiger partial charge in [0.1, 0.15) is 0 Å². The van der Waals surface area contributed by atoms with E-state index >= 15 is 0 Å². The summed E-state index contributed by atoms with van der Waals surface area (Å²) in [5, 5.41) is 10.7. The monoisotopic (exact) mass is 210 g/mol. The molecule has 0 unspecified atom stereocenters. The minimum Gasteiger partial charge on any atom is -0.359 e. The fraction of sp³-hybridized carbons (Fsp3) is 0.333. The maximum Gasteiger partial charge on any atom is 0.166 e. The highest BCUT2D eigenvalue weighted by atomic mass is 32.1. The summed E-state index contributed by atoms with van der Waals surface area (Å²) in [6.45, 7) is 4.95. The molecule has 14 heavy (non-hydrogen) atoms. The van der Waals surface area contributed by atoms with E-state index in [0.29, 0.717) is 18.2 Å². The van der Waals surface area contributed by atoms with Crippen LogP contribution in [0.5, 0.6) is 0 Å². The Labute approximate surface area is 89.0 Å². The van der Waals surface area contributed by atoms with E-state index in [-0.39, 0.29) is 0 Å². The van der Waals surface area contributed by atoms with Crippen molar-refractivity contribution in [3.8, 4) is 0 Å². The Morgan fingerprint density at radius 3 is 3.07 bits per heavy atom. The second-order valence-corrected chi connectivity index (χ2v) is 3.21. The van der Waals surface area contributed by atoms with E-state index in [4.69, 9.17) is 12.2 Å². The number of nitrogens with one attached hydrogen (secondary N) is 2. The van der Waals surface area contributed by atoms with E-state index in [2.05, 4.69) is 22.3 Å². The topological polar surface area (TPSA) is 41.9 Å². The van der Waals surface area contributed by atoms with Crippen molar-refractivity contribution in [2.24, 2.45) is 7.05 Å². The summed E-state index contributed by atoms with van der Waals surface area (Å²) < 4.78 is 1.81. The van der Waals surface area contributed by atoms with Gasteiger partial charge in [-0.2, -0.15) is 5.10 Å². The Morgan fingerprint density at radius 2 is 2.50 bits per heavy atom. The highest BCUT2D eigenvalue weighted by Gasteiger charge is 1.98. The summed E-state index contributed by atoms with van der Waals surface area (Å²) in [7, 11) is 1.90. The van der Waals surface area contributed by atoms with Gasteiger partial charge in [-0.05, 0) is 18.3 Å². The SMILES string of the molecule is C=CCNC(=S)NCc1ccnn1C. The number of aryl methyl sites for hydroxylation is 1. The number of aromatic nitrogens is 2. The zero-order chi connectivity index (χ0) is 10.4. The smallest absolute Gasteiger partial charge is 0.166 e. The average molecular weight is 210 g/mol. The summed E-state index contributed by atoms with van der Waals surface area (Å²) in [5.41, 5.74) is 1.09. The van der Waals surface area contributed by atoms with Crippen LogP contribution in [-0.4, -0.2) is 21.4 Å². The Hall–Kier alpha value is -1.36. The largest absolute Gasteiger partial charge is 0.359 e. The third-order valence-corrected chi connectivity index (χ3v) is 2.05. The van der Waals surface area contributed by atoms with E-state index < -0.39 is 0 Å². The third kappa shape index (κ3) is 3.18. The van der Waals surface area contributed by atoms with Gasteiger partial charge in [-0.3, -0.25) is 4.68 Å². The quantitative estimate of drug-likeness (QED) is 0.563. The molecule has 76 valence electrons. The molecule has 0 atom stereocenters. The molecular formula is C9H14N4S. The van der Waals surface area contributed by atoms with Gasteiger partial charge in [-0.25, -0.2) is 0 Å². The first-order valence-corrected chi connectivity index (χ1v) is 4.74. The lowest BCUT2D eigenvalue weighted by atomic mass is 10.4. The molecule has 0 saturated carbocycles. The predicted octanol–water partition coefficient (Wildman–Crippen LogP) is 0.570. The van der Waals surface area contributed by atoms with Gasteiger partial charge in [-0.15, -0.1) is 6.58 Å². The van der Waals surface area contributed by atoms with E-state index in [0.717, 1.165) is 5.69 Å². The Balaban J connectivity index is 2.30. The molecule has 5 heteroatoms. The van der Waals surface area contributed by atoms with Crippen molar-refractivity contribution >= 4 is 17.3 Å². The molecule has 0 amide bonds. The first kappa shape index (κ1) is 10.7. The van der Waals surface area contributed by atoms with Crippen LogP contribution in [0.15, 0.2) is 24.9 Å². The minimum absolute atomic E-state index is 0.631. The van der Waals surface area contributed by atoms with E-state index in [9.17, 15) is 0 Å². The van der Waals surface area contributed by atoms with Crippen LogP contribution in [0, 0.1) is 0 Å². The Bertz CT molecular complexity index is 318. The van der Waals surface area contributed by atoms with Crippen LogP contribution >= 0.6 is 12.2 Å². The van der Waals surface area contributed by atoms with Gasteiger partial charge in [0.15, 0.2) is 5.11 Å². The molecule has 0 radical (unpaired) electrons. The van der Waals surface area contributed by atoms with Crippen molar-refractivity contribution < 1.29 is 0 Å². The second kappa shape index (κ2) is 5.39. The first-order valence-electron chi connectivity index (χ1n) is 4.33. The van der Waals surface area contributed by atoms with Crippen molar-refractivity contribution in [3.05, 3.63) is 30.6 Å². The molecule has 0 aliphatic heterocycles. The number of hydrogen-bond acceptors (Lipinski definition) is 2. The fourth-order valence-electron chi connectivity index (χ4n) is 0.973. The van der Waals surface area contributed by atoms with Gasteiger partial charge in [0, 0.05) is 19.8 Å². The van der Waals surface area contributed by atoms with Gasteiger partial charge >= 0.3 is 0 Å². The van der Waals surface area contributed by atoms with Gasteiger partial charge in [0.05, 0.1) is 12.2 Å². The predicted molar refractivity (Wildman–Crippen MR) is 60.8 cm³/mol. The maximum atomic E-state index is 5.04. The highest BCUT2D eigenvalue weighted by Crippen LogP contribution is 1.94. The zero-order valence-electron chi connectivity index (χ0n) is 8.16. The lowest BCUT2D eigenvalue weighted by Gasteiger charge is -2.08. The number of nitrogens with zero attached hydrogens (tertiary/aromatic N) is 2. The summed E-state index contributed by atoms with van der Waals surface area (Å²) >= 11 is 5.04. The molecule has 2 N–H and O–H groups in total. The molecule has 0 aromatic carbocycles. The zero-order valence-corrected chi connectivity index (χ0v) is 8.97. The van der Waals surface area contributed by atoms with Crippen LogP contribution in [0.1, 0.15) is 5.69 Å². The van der Waals surface area contributed by atoms with Crippen molar-refractivity contribution in [2.75, 3.05) is 6.54 Å². The molecule has 0 bridgehead atoms. The summed E-state index contributed by atoms with van der Waals surface area (Å²) in [6.07, 6.45) is 3.52. The fourth-order valence-corrected chi connectivity index (χ4v) is 1.13. The third-order valence-electron chi connectivity index (χ3n) is 1.76. The number of rotatable bonds is 4. The molecule has 1 aromatic rings. The molecule has 1 rings (SSSR count). The molecule has 1 heterocycles. The molecule has 4 nitrogen and oxygen atoms in total. The average Bonchev–Trinajstić information content (AvgIpc) is 2.58. The van der Waals surface area contributed by atoms with E-state index in [1.807, 2.05) is 17.8 Å². The first-order chi connectivity index (χ1) is 6.74. The van der Waals surface area contributed by atoms with E-state index in [1.54, 1.807) is 12.3 Å². The van der Waals surface area contributed by atoms with Crippen LogP contribution in [0.2, 0.25) is 0 Å². The van der Waals surface area contributed by atoms with Gasteiger partial charge in [0.2, 0.25) is 0 Å². The molecule has 1 aromatic heterocycles. The molecule has 0 saturated heterocycles. The van der Waals surface area contributed by atoms with Crippen molar-refractivity contribution in [3.63, 3.8) is 0 Å². The Morgan fingerprint density at radius 1 is 1.71 bits per heavy atom. The van der Waals surface area contributed by atoms with Gasteiger partial charge < -0.3 is 10.6 Å². The number of hydrogen-bond donors (Lipinski definition) is 2. The second-order valence-electron chi connectivity index (χ2n) is 2.80. The van der Waals surface area contributed by atoms with Gasteiger partial charge in [0.25, 0.3) is 0 Å². The van der Waals surface area contributed by atoms with E-state index in [1.165, 1.54) is 0 Å². The van der Waals surface area contributed by atoms with Gasteiger partial charge in [-0.1, -0.05) is 6.08 Å². The number of thiocarbonyl (C=S) groups is 1. The highest BCUT2D eigenvalue weighted by molar-refractivity contribution is 7.80. The minimum atomic E-state index is 0.631. The molecule has 0 spiro atoms. The van der Waals surface area contributed by atoms with Crippen molar-refractivity contribution in [2.45, 2.75) is 6.54 Å². The summed E-state index contributed by atoms with van der Waals surface area (Å²) in [4.78, 5) is 0. The molecule has 0 aliphatic rings. The van der Waals surface area contributed by atoms with Crippen LogP contribution < -0.4 is 10.6 Å². The lowest BCUT2D eigenvalue weighted by Crippen LogP contribution is -2.35. The summed E-state index contributed by atoms with van der Waals surface area (Å²) in [5.74, 6) is 0. The summed E-state index contributed by atoms with van der Waals surface area (Å²) in [6, 6.07) is 1.95. The lowest BCUT2D eigenvalue weighted by molar-refractivity contribution is 0.690. The molecule has 0 aliphatic carbocycles. The van der Waals surface area contributed by atoms with Crippen LogP contribution in [0.3, 0.4) is 0 Å². The van der Waals surface area contributed by atoms with Crippen molar-refractivity contribution in [1.82, 2.24) is 20.4 Å². The molecular weight excluding hydrogens is 196 g/mol. The van der Waals surface area contributed by atoms with Crippen LogP contribution in [0.4, 0.5) is 0 Å². The van der Waals surface area contributed by atoms with Crippen LogP contribution in [-0.2, 0) is 13.6 Å². The van der Waals surface area contributed by atoms with Crippen LogP contribution in [0.25, 0.3) is 0 Å². The Kier molecular flexibility index (Phi) is 4.12.